The molecule has 1 nitrogen and oxygen atoms in total. The minimum absolute atomic E-state index is 0.630. The van der Waals surface area contributed by atoms with Gasteiger partial charge in [0.15, 0.2) is 0 Å². The van der Waals surface area contributed by atoms with E-state index in [-0.39, 0.29) is 0 Å². The Morgan fingerprint density at radius 1 is 1.46 bits per heavy atom. The van der Waals surface area contributed by atoms with Crippen LogP contribution in [0.5, 0.6) is 0 Å². The van der Waals surface area contributed by atoms with Crippen LogP contribution in [0.1, 0.15) is 39.0 Å². The van der Waals surface area contributed by atoms with E-state index in [0.29, 0.717) is 4.75 Å². The molecule has 0 aromatic rings. The third kappa shape index (κ3) is 1.75. The second-order valence-corrected chi connectivity index (χ2v) is 5.80. The molecule has 2 rings (SSSR count). The van der Waals surface area contributed by atoms with E-state index in [4.69, 9.17) is 0 Å². The first-order valence-corrected chi connectivity index (χ1v) is 6.81. The lowest BCUT2D eigenvalue weighted by atomic mass is 9.88. The Hall–Kier alpha value is 0.310. The summed E-state index contributed by atoms with van der Waals surface area (Å²) in [7, 11) is 0. The zero-order valence-corrected chi connectivity index (χ0v) is 9.70. The van der Waals surface area contributed by atoms with E-state index >= 15 is 0 Å². The van der Waals surface area contributed by atoms with Crippen molar-refractivity contribution in [2.45, 2.75) is 49.8 Å². The number of piperidine rings is 1. The van der Waals surface area contributed by atoms with Gasteiger partial charge in [-0.3, -0.25) is 0 Å². The molecule has 0 radical (unpaired) electrons. The highest BCUT2D eigenvalue weighted by Crippen LogP contribution is 2.42. The Labute approximate surface area is 86.3 Å². The average molecular weight is 199 g/mol. The highest BCUT2D eigenvalue weighted by atomic mass is 32.2. The van der Waals surface area contributed by atoms with E-state index in [1.54, 1.807) is 0 Å². The summed E-state index contributed by atoms with van der Waals surface area (Å²) in [6.45, 7) is 5.10. The second-order valence-electron chi connectivity index (χ2n) is 4.53. The molecule has 2 aliphatic rings. The van der Waals surface area contributed by atoms with Crippen molar-refractivity contribution in [1.82, 2.24) is 4.90 Å². The van der Waals surface area contributed by atoms with Gasteiger partial charge in [0.2, 0.25) is 0 Å². The summed E-state index contributed by atoms with van der Waals surface area (Å²) in [6.07, 6.45) is 9.43. The van der Waals surface area contributed by atoms with Gasteiger partial charge in [-0.25, -0.2) is 0 Å². The molecule has 13 heavy (non-hydrogen) atoms. The summed E-state index contributed by atoms with van der Waals surface area (Å²) >= 11 is 2.12. The lowest BCUT2D eigenvalue weighted by Crippen LogP contribution is -2.45. The molecule has 2 aliphatic heterocycles. The van der Waals surface area contributed by atoms with Crippen molar-refractivity contribution in [3.05, 3.63) is 0 Å². The first-order valence-electron chi connectivity index (χ1n) is 5.59. The molecule has 0 aliphatic carbocycles. The van der Waals surface area contributed by atoms with Crippen LogP contribution in [0.15, 0.2) is 0 Å². The molecule has 2 heterocycles. The molecule has 0 saturated carbocycles. The number of nitrogens with zero attached hydrogens (tertiary/aromatic N) is 1. The van der Waals surface area contributed by atoms with Crippen molar-refractivity contribution in [2.24, 2.45) is 0 Å². The Morgan fingerprint density at radius 3 is 3.00 bits per heavy atom. The molecule has 2 unspecified atom stereocenters. The molecule has 0 bridgehead atoms. The summed E-state index contributed by atoms with van der Waals surface area (Å²) in [5, 5.41) is 0. The standard InChI is InChI=1S/C11H21NS/c1-3-11(13-2)6-8-12-7-4-5-10(12)9-11/h10H,3-9H2,1-2H3. The molecule has 0 N–H and O–H groups in total. The van der Waals surface area contributed by atoms with Crippen molar-refractivity contribution in [3.63, 3.8) is 0 Å². The van der Waals surface area contributed by atoms with Gasteiger partial charge in [0.1, 0.15) is 0 Å². The van der Waals surface area contributed by atoms with E-state index < -0.39 is 0 Å². The van der Waals surface area contributed by atoms with Crippen molar-refractivity contribution < 1.29 is 0 Å². The number of thioether (sulfide) groups is 1. The molecule has 2 heteroatoms. The maximum atomic E-state index is 2.71. The van der Waals surface area contributed by atoms with E-state index in [1.807, 2.05) is 0 Å². The van der Waals surface area contributed by atoms with Gasteiger partial charge < -0.3 is 4.90 Å². The fourth-order valence-corrected chi connectivity index (χ4v) is 3.89. The fraction of sp³-hybridized carbons (Fsp3) is 1.00. The first-order chi connectivity index (χ1) is 6.29. The SMILES string of the molecule is CCC1(SC)CCN2CCCC2C1. The fourth-order valence-electron chi connectivity index (χ4n) is 2.95. The summed E-state index contributed by atoms with van der Waals surface area (Å²) in [4.78, 5) is 2.71. The first kappa shape index (κ1) is 9.85. The molecule has 76 valence electrons. The molecule has 0 aromatic carbocycles. The molecule has 2 saturated heterocycles. The maximum absolute atomic E-state index is 2.71. The number of fused-ring (bicyclic) bond motifs is 1. The van der Waals surface area contributed by atoms with Crippen LogP contribution in [-0.2, 0) is 0 Å². The highest BCUT2D eigenvalue weighted by molar-refractivity contribution is 8.00. The Bertz CT molecular complexity index is 177. The average Bonchev–Trinajstić information content (AvgIpc) is 2.64. The molecule has 0 amide bonds. The zero-order chi connectivity index (χ0) is 9.31. The van der Waals surface area contributed by atoms with E-state index in [1.165, 1.54) is 45.2 Å². The van der Waals surface area contributed by atoms with Crippen LogP contribution in [0.2, 0.25) is 0 Å². The van der Waals surface area contributed by atoms with Crippen LogP contribution in [-0.4, -0.2) is 35.0 Å². The smallest absolute Gasteiger partial charge is 0.0181 e. The summed E-state index contributed by atoms with van der Waals surface area (Å²) in [5.74, 6) is 0. The molecule has 0 aromatic heterocycles. The van der Waals surface area contributed by atoms with Gasteiger partial charge in [-0.2, -0.15) is 11.8 Å². The lowest BCUT2D eigenvalue weighted by Gasteiger charge is -2.42. The van der Waals surface area contributed by atoms with Crippen LogP contribution in [0.3, 0.4) is 0 Å². The van der Waals surface area contributed by atoms with Crippen molar-refractivity contribution in [3.8, 4) is 0 Å². The van der Waals surface area contributed by atoms with Crippen molar-refractivity contribution >= 4 is 11.8 Å². The van der Waals surface area contributed by atoms with Gasteiger partial charge in [-0.05, 0) is 51.4 Å². The van der Waals surface area contributed by atoms with Gasteiger partial charge in [0, 0.05) is 10.8 Å². The van der Waals surface area contributed by atoms with Crippen LogP contribution >= 0.6 is 11.8 Å². The van der Waals surface area contributed by atoms with Crippen LogP contribution in [0.4, 0.5) is 0 Å². The van der Waals surface area contributed by atoms with Crippen LogP contribution < -0.4 is 0 Å². The Balaban J connectivity index is 2.02. The minimum Gasteiger partial charge on any atom is -0.300 e. The van der Waals surface area contributed by atoms with Crippen LogP contribution in [0, 0.1) is 0 Å². The zero-order valence-electron chi connectivity index (χ0n) is 8.88. The lowest BCUT2D eigenvalue weighted by molar-refractivity contribution is 0.166. The molecule has 2 atom stereocenters. The summed E-state index contributed by atoms with van der Waals surface area (Å²) < 4.78 is 0.630. The minimum atomic E-state index is 0.630. The quantitative estimate of drug-likeness (QED) is 0.673. The van der Waals surface area contributed by atoms with E-state index in [9.17, 15) is 0 Å². The van der Waals surface area contributed by atoms with Crippen molar-refractivity contribution in [1.29, 1.82) is 0 Å². The molecular formula is C11H21NS. The second kappa shape index (κ2) is 3.82. The van der Waals surface area contributed by atoms with Gasteiger partial charge >= 0.3 is 0 Å². The summed E-state index contributed by atoms with van der Waals surface area (Å²) in [6, 6.07) is 0.932. The normalized spacial score (nSPS) is 40.6. The predicted molar refractivity (Wildman–Crippen MR) is 60.4 cm³/mol. The van der Waals surface area contributed by atoms with E-state index in [0.717, 1.165) is 6.04 Å². The topological polar surface area (TPSA) is 3.24 Å². The Morgan fingerprint density at radius 2 is 2.31 bits per heavy atom. The van der Waals surface area contributed by atoms with Crippen LogP contribution in [0.25, 0.3) is 0 Å². The third-order valence-corrected chi connectivity index (χ3v) is 5.56. The number of hydrogen-bond acceptors (Lipinski definition) is 2. The predicted octanol–water partition coefficient (Wildman–Crippen LogP) is 2.76. The van der Waals surface area contributed by atoms with Gasteiger partial charge in [-0.1, -0.05) is 6.92 Å². The van der Waals surface area contributed by atoms with Gasteiger partial charge in [0.25, 0.3) is 0 Å². The third-order valence-electron chi connectivity index (χ3n) is 4.04. The highest BCUT2D eigenvalue weighted by Gasteiger charge is 2.39. The number of rotatable bonds is 2. The molecule has 0 spiro atoms. The largest absolute Gasteiger partial charge is 0.300 e. The maximum Gasteiger partial charge on any atom is 0.0181 e. The van der Waals surface area contributed by atoms with E-state index in [2.05, 4.69) is 29.8 Å². The summed E-state index contributed by atoms with van der Waals surface area (Å²) in [5.41, 5.74) is 0. The Kier molecular flexibility index (Phi) is 2.89. The van der Waals surface area contributed by atoms with Crippen molar-refractivity contribution in [2.75, 3.05) is 19.3 Å². The number of hydrogen-bond donors (Lipinski definition) is 0. The monoisotopic (exact) mass is 199 g/mol. The molecule has 2 fully saturated rings. The molecular weight excluding hydrogens is 178 g/mol. The van der Waals surface area contributed by atoms with Gasteiger partial charge in [-0.15, -0.1) is 0 Å². The van der Waals surface area contributed by atoms with Gasteiger partial charge in [0.05, 0.1) is 0 Å².